The van der Waals surface area contributed by atoms with E-state index in [0.29, 0.717) is 11.3 Å². The molecule has 0 bridgehead atoms. The summed E-state index contributed by atoms with van der Waals surface area (Å²) in [5.74, 6) is -0.335. The Hall–Kier alpha value is -3.22. The van der Waals surface area contributed by atoms with Crippen molar-refractivity contribution in [2.24, 2.45) is 14.1 Å². The highest BCUT2D eigenvalue weighted by Gasteiger charge is 2.15. The summed E-state index contributed by atoms with van der Waals surface area (Å²) in [6.45, 7) is 1.93. The van der Waals surface area contributed by atoms with Crippen molar-refractivity contribution in [2.45, 2.75) is 6.92 Å². The van der Waals surface area contributed by atoms with Crippen molar-refractivity contribution in [2.75, 3.05) is 5.32 Å². The lowest BCUT2D eigenvalue weighted by Crippen LogP contribution is -2.37. The van der Waals surface area contributed by atoms with Crippen LogP contribution in [0.15, 0.2) is 46.1 Å². The standard InChI is InChI=1S/C17H16N4O3/c1-10-4-6-11(7-5-10)15(22)19-12-8-9-18-14-13(12)16(23)21(3)17(24)20(14)2/h4-9H,1-3H3,(H,18,19,22). The highest BCUT2D eigenvalue weighted by Crippen LogP contribution is 2.17. The van der Waals surface area contributed by atoms with E-state index >= 15 is 0 Å². The fraction of sp³-hybridized carbons (Fsp3) is 0.176. The molecule has 0 unspecified atom stereocenters. The molecule has 1 N–H and O–H groups in total. The number of nitrogens with zero attached hydrogens (tertiary/aromatic N) is 3. The van der Waals surface area contributed by atoms with Gasteiger partial charge in [-0.1, -0.05) is 17.7 Å². The molecular formula is C17H16N4O3. The molecule has 0 aliphatic carbocycles. The molecule has 1 aromatic carbocycles. The molecule has 24 heavy (non-hydrogen) atoms. The van der Waals surface area contributed by atoms with Crippen molar-refractivity contribution in [3.8, 4) is 0 Å². The maximum Gasteiger partial charge on any atom is 0.332 e. The fourth-order valence-corrected chi connectivity index (χ4v) is 2.49. The summed E-state index contributed by atoms with van der Waals surface area (Å²) in [6.07, 6.45) is 1.45. The first-order chi connectivity index (χ1) is 11.4. The van der Waals surface area contributed by atoms with Crippen LogP contribution in [-0.2, 0) is 14.1 Å². The van der Waals surface area contributed by atoms with Gasteiger partial charge in [-0.3, -0.25) is 18.7 Å². The number of carbonyl (C=O) groups excluding carboxylic acids is 1. The maximum atomic E-state index is 12.4. The van der Waals surface area contributed by atoms with Gasteiger partial charge >= 0.3 is 5.69 Å². The van der Waals surface area contributed by atoms with E-state index in [2.05, 4.69) is 10.3 Å². The topological polar surface area (TPSA) is 86.0 Å². The number of nitrogens with one attached hydrogen (secondary N) is 1. The largest absolute Gasteiger partial charge is 0.332 e. The molecule has 0 radical (unpaired) electrons. The molecule has 0 aliphatic heterocycles. The Bertz CT molecular complexity index is 1060. The van der Waals surface area contributed by atoms with E-state index in [-0.39, 0.29) is 16.9 Å². The lowest BCUT2D eigenvalue weighted by atomic mass is 10.1. The van der Waals surface area contributed by atoms with Crippen LogP contribution in [-0.4, -0.2) is 20.0 Å². The molecule has 0 saturated heterocycles. The number of rotatable bonds is 2. The van der Waals surface area contributed by atoms with Gasteiger partial charge in [0.1, 0.15) is 5.39 Å². The van der Waals surface area contributed by atoms with E-state index in [4.69, 9.17) is 0 Å². The number of benzene rings is 1. The third-order valence-electron chi connectivity index (χ3n) is 3.90. The number of fused-ring (bicyclic) bond motifs is 1. The van der Waals surface area contributed by atoms with E-state index in [1.807, 2.05) is 19.1 Å². The molecular weight excluding hydrogens is 308 g/mol. The number of aromatic nitrogens is 3. The number of pyridine rings is 1. The molecule has 3 aromatic rings. The van der Waals surface area contributed by atoms with Gasteiger partial charge in [-0.25, -0.2) is 9.78 Å². The van der Waals surface area contributed by atoms with E-state index in [0.717, 1.165) is 10.1 Å². The first-order valence-electron chi connectivity index (χ1n) is 7.33. The number of amides is 1. The highest BCUT2D eigenvalue weighted by atomic mass is 16.2. The molecule has 0 saturated carbocycles. The maximum absolute atomic E-state index is 12.4. The van der Waals surface area contributed by atoms with Crippen molar-refractivity contribution in [1.82, 2.24) is 14.1 Å². The first-order valence-corrected chi connectivity index (χ1v) is 7.33. The Kier molecular flexibility index (Phi) is 3.76. The number of hydrogen-bond acceptors (Lipinski definition) is 4. The van der Waals surface area contributed by atoms with Crippen LogP contribution in [0.2, 0.25) is 0 Å². The predicted molar refractivity (Wildman–Crippen MR) is 91.4 cm³/mol. The number of hydrogen-bond donors (Lipinski definition) is 1. The van der Waals surface area contributed by atoms with Gasteiger partial charge < -0.3 is 5.32 Å². The number of anilines is 1. The van der Waals surface area contributed by atoms with Crippen molar-refractivity contribution in [3.63, 3.8) is 0 Å². The van der Waals surface area contributed by atoms with Gasteiger partial charge in [0, 0.05) is 25.9 Å². The van der Waals surface area contributed by atoms with Crippen LogP contribution in [0.5, 0.6) is 0 Å². The molecule has 0 atom stereocenters. The fourth-order valence-electron chi connectivity index (χ4n) is 2.49. The van der Waals surface area contributed by atoms with Crippen LogP contribution in [0.25, 0.3) is 11.0 Å². The van der Waals surface area contributed by atoms with Crippen LogP contribution in [0.1, 0.15) is 15.9 Å². The SMILES string of the molecule is Cc1ccc(C(=O)Nc2ccnc3c2c(=O)n(C)c(=O)n3C)cc1. The summed E-state index contributed by atoms with van der Waals surface area (Å²) in [6, 6.07) is 8.63. The summed E-state index contributed by atoms with van der Waals surface area (Å²) < 4.78 is 2.27. The summed E-state index contributed by atoms with van der Waals surface area (Å²) in [5, 5.41) is 2.92. The van der Waals surface area contributed by atoms with Crippen LogP contribution >= 0.6 is 0 Å². The Morgan fingerprint density at radius 3 is 2.38 bits per heavy atom. The van der Waals surface area contributed by atoms with Crippen molar-refractivity contribution >= 4 is 22.6 Å². The van der Waals surface area contributed by atoms with Gasteiger partial charge in [0.25, 0.3) is 11.5 Å². The van der Waals surface area contributed by atoms with Gasteiger partial charge in [0.05, 0.1) is 5.69 Å². The van der Waals surface area contributed by atoms with E-state index in [1.54, 1.807) is 18.2 Å². The number of carbonyl (C=O) groups is 1. The second kappa shape index (κ2) is 5.77. The molecule has 2 aromatic heterocycles. The molecule has 7 nitrogen and oxygen atoms in total. The normalized spacial score (nSPS) is 10.8. The average Bonchev–Trinajstić information content (AvgIpc) is 2.58. The second-order valence-electron chi connectivity index (χ2n) is 5.58. The van der Waals surface area contributed by atoms with Crippen LogP contribution in [0.4, 0.5) is 5.69 Å². The van der Waals surface area contributed by atoms with Crippen molar-refractivity contribution < 1.29 is 4.79 Å². The van der Waals surface area contributed by atoms with Gasteiger partial charge in [-0.2, -0.15) is 0 Å². The molecule has 122 valence electrons. The molecule has 2 heterocycles. The zero-order valence-corrected chi connectivity index (χ0v) is 13.5. The second-order valence-corrected chi connectivity index (χ2v) is 5.58. The lowest BCUT2D eigenvalue weighted by molar-refractivity contribution is 0.102. The minimum Gasteiger partial charge on any atom is -0.321 e. The van der Waals surface area contributed by atoms with E-state index < -0.39 is 11.2 Å². The zero-order valence-electron chi connectivity index (χ0n) is 13.5. The Morgan fingerprint density at radius 2 is 1.71 bits per heavy atom. The Morgan fingerprint density at radius 1 is 1.04 bits per heavy atom. The highest BCUT2D eigenvalue weighted by molar-refractivity contribution is 6.08. The third-order valence-corrected chi connectivity index (χ3v) is 3.90. The quantitative estimate of drug-likeness (QED) is 0.767. The number of aryl methyl sites for hydroxylation is 2. The molecule has 1 amide bonds. The zero-order chi connectivity index (χ0) is 17.4. The van der Waals surface area contributed by atoms with E-state index in [1.165, 1.54) is 24.9 Å². The summed E-state index contributed by atoms with van der Waals surface area (Å²) in [7, 11) is 2.92. The van der Waals surface area contributed by atoms with Crippen molar-refractivity contribution in [1.29, 1.82) is 0 Å². The molecule has 7 heteroatoms. The summed E-state index contributed by atoms with van der Waals surface area (Å²) in [5.41, 5.74) is 1.10. The minimum atomic E-state index is -0.500. The smallest absolute Gasteiger partial charge is 0.321 e. The summed E-state index contributed by atoms with van der Waals surface area (Å²) >= 11 is 0. The van der Waals surface area contributed by atoms with Crippen molar-refractivity contribution in [3.05, 3.63) is 68.5 Å². The predicted octanol–water partition coefficient (Wildman–Crippen LogP) is 1.19. The van der Waals surface area contributed by atoms with Gasteiger partial charge in [-0.15, -0.1) is 0 Å². The van der Waals surface area contributed by atoms with Crippen LogP contribution in [0, 0.1) is 6.92 Å². The third kappa shape index (κ3) is 2.50. The Labute approximate surface area is 137 Å². The average molecular weight is 324 g/mol. The van der Waals surface area contributed by atoms with E-state index in [9.17, 15) is 14.4 Å². The van der Waals surface area contributed by atoms with Crippen LogP contribution in [0.3, 0.4) is 0 Å². The van der Waals surface area contributed by atoms with Crippen LogP contribution < -0.4 is 16.6 Å². The van der Waals surface area contributed by atoms with Gasteiger partial charge in [-0.05, 0) is 25.1 Å². The lowest BCUT2D eigenvalue weighted by Gasteiger charge is -2.11. The molecule has 0 fully saturated rings. The van der Waals surface area contributed by atoms with Gasteiger partial charge in [0.2, 0.25) is 0 Å². The summed E-state index contributed by atoms with van der Waals surface area (Å²) in [4.78, 5) is 40.9. The molecule has 0 spiro atoms. The monoisotopic (exact) mass is 324 g/mol. The Balaban J connectivity index is 2.14. The molecule has 3 rings (SSSR count). The minimum absolute atomic E-state index is 0.197. The first kappa shape index (κ1) is 15.7. The molecule has 0 aliphatic rings. The van der Waals surface area contributed by atoms with Gasteiger partial charge in [0.15, 0.2) is 5.65 Å².